The van der Waals surface area contributed by atoms with Crippen LogP contribution in [0.25, 0.3) is 0 Å². The molecule has 2 aliphatic carbocycles. The summed E-state index contributed by atoms with van der Waals surface area (Å²) in [7, 11) is 0. The van der Waals surface area contributed by atoms with Gasteiger partial charge in [-0.2, -0.15) is 0 Å². The van der Waals surface area contributed by atoms with E-state index in [2.05, 4.69) is 12.2 Å². The van der Waals surface area contributed by atoms with Gasteiger partial charge in [-0.25, -0.2) is 0 Å². The van der Waals surface area contributed by atoms with Gasteiger partial charge in [0.2, 0.25) is 0 Å². The summed E-state index contributed by atoms with van der Waals surface area (Å²) < 4.78 is 6.23. The number of Topliss-reactive ketones (excluding diaryl/α,β-unsaturated/α-hetero) is 1. The molecular formula is C15H20O2. The highest BCUT2D eigenvalue weighted by Gasteiger charge is 2.61. The molecule has 1 spiro atoms. The molecule has 4 aliphatic rings. The highest BCUT2D eigenvalue weighted by atomic mass is 16.5. The number of carbonyl (C=O) groups excluding carboxylic acids is 1. The summed E-state index contributed by atoms with van der Waals surface area (Å²) in [5.41, 5.74) is -0.0365. The highest BCUT2D eigenvalue weighted by Crippen LogP contribution is 2.58. The van der Waals surface area contributed by atoms with Gasteiger partial charge >= 0.3 is 0 Å². The monoisotopic (exact) mass is 232 g/mol. The summed E-state index contributed by atoms with van der Waals surface area (Å²) in [5, 5.41) is 0. The summed E-state index contributed by atoms with van der Waals surface area (Å²) in [6.07, 6.45) is 12.8. The zero-order valence-corrected chi connectivity index (χ0v) is 10.2. The van der Waals surface area contributed by atoms with Crippen LogP contribution in [-0.4, -0.2) is 17.5 Å². The fourth-order valence-corrected chi connectivity index (χ4v) is 4.88. The van der Waals surface area contributed by atoms with Crippen molar-refractivity contribution in [3.63, 3.8) is 0 Å². The van der Waals surface area contributed by atoms with Gasteiger partial charge in [-0.15, -0.1) is 0 Å². The van der Waals surface area contributed by atoms with Crippen molar-refractivity contribution < 1.29 is 9.53 Å². The van der Waals surface area contributed by atoms with Crippen LogP contribution < -0.4 is 0 Å². The first-order valence-corrected chi connectivity index (χ1v) is 7.20. The van der Waals surface area contributed by atoms with Gasteiger partial charge in [0.25, 0.3) is 0 Å². The van der Waals surface area contributed by atoms with E-state index in [1.54, 1.807) is 0 Å². The van der Waals surface area contributed by atoms with Crippen LogP contribution in [0.1, 0.15) is 44.9 Å². The molecule has 0 unspecified atom stereocenters. The summed E-state index contributed by atoms with van der Waals surface area (Å²) in [5.74, 6) is 1.94. The molecule has 2 nitrogen and oxygen atoms in total. The van der Waals surface area contributed by atoms with Gasteiger partial charge in [0, 0.05) is 12.3 Å². The molecule has 2 saturated carbocycles. The van der Waals surface area contributed by atoms with Gasteiger partial charge in [-0.05, 0) is 31.6 Å². The minimum Gasteiger partial charge on any atom is -0.363 e. The quantitative estimate of drug-likeness (QED) is 0.600. The summed E-state index contributed by atoms with van der Waals surface area (Å²) in [4.78, 5) is 12.4. The number of ketones is 1. The zero-order chi connectivity index (χ0) is 11.5. The van der Waals surface area contributed by atoms with Crippen LogP contribution >= 0.6 is 0 Å². The van der Waals surface area contributed by atoms with Gasteiger partial charge in [0.05, 0.1) is 17.6 Å². The lowest BCUT2D eigenvalue weighted by Gasteiger charge is -2.44. The van der Waals surface area contributed by atoms with Crippen molar-refractivity contribution in [3.05, 3.63) is 12.2 Å². The van der Waals surface area contributed by atoms with Gasteiger partial charge in [-0.3, -0.25) is 4.79 Å². The molecule has 5 atom stereocenters. The Morgan fingerprint density at radius 3 is 3.06 bits per heavy atom. The SMILES string of the molecule is O=C1CCCC[C@H]2CCC[C@]34C=C[C@H](O3)[C@@H]1[C@H]24. The van der Waals surface area contributed by atoms with Gasteiger partial charge in [-0.1, -0.05) is 25.0 Å². The number of rotatable bonds is 0. The summed E-state index contributed by atoms with van der Waals surface area (Å²) >= 11 is 0. The lowest BCUT2D eigenvalue weighted by molar-refractivity contribution is -0.126. The second kappa shape index (κ2) is 3.44. The van der Waals surface area contributed by atoms with Crippen molar-refractivity contribution in [1.29, 1.82) is 0 Å². The topological polar surface area (TPSA) is 26.3 Å². The Bertz CT molecular complexity index is 386. The van der Waals surface area contributed by atoms with Crippen molar-refractivity contribution in [3.8, 4) is 0 Å². The predicted octanol–water partition coefficient (Wildman–Crippen LogP) is 2.87. The smallest absolute Gasteiger partial charge is 0.139 e. The maximum Gasteiger partial charge on any atom is 0.139 e. The van der Waals surface area contributed by atoms with Crippen molar-refractivity contribution in [2.24, 2.45) is 17.8 Å². The van der Waals surface area contributed by atoms with Crippen molar-refractivity contribution >= 4 is 5.78 Å². The molecule has 0 aromatic rings. The Morgan fingerprint density at radius 2 is 2.12 bits per heavy atom. The first-order chi connectivity index (χ1) is 8.30. The number of fused-ring (bicyclic) bond motifs is 2. The first kappa shape index (κ1) is 10.3. The molecule has 2 heteroatoms. The van der Waals surface area contributed by atoms with E-state index in [4.69, 9.17) is 4.74 Å². The first-order valence-electron chi connectivity index (χ1n) is 7.20. The van der Waals surface area contributed by atoms with E-state index < -0.39 is 0 Å². The molecule has 17 heavy (non-hydrogen) atoms. The van der Waals surface area contributed by atoms with Crippen LogP contribution in [0, 0.1) is 17.8 Å². The van der Waals surface area contributed by atoms with Crippen LogP contribution in [-0.2, 0) is 9.53 Å². The average Bonchev–Trinajstić information content (AvgIpc) is 2.86. The normalized spacial score (nSPS) is 52.1. The average molecular weight is 232 g/mol. The van der Waals surface area contributed by atoms with E-state index in [0.717, 1.165) is 25.2 Å². The molecule has 0 radical (unpaired) electrons. The standard InChI is InChI=1S/C15H20O2/c16-11-6-2-1-4-10-5-3-8-15-9-7-12(17-15)13(11)14(10)15/h7,9-10,12-14H,1-6,8H2/t10-,12-,13+,14-,15+/m0/s1. The lowest BCUT2D eigenvalue weighted by Crippen LogP contribution is -2.46. The van der Waals surface area contributed by atoms with Crippen molar-refractivity contribution in [2.45, 2.75) is 56.7 Å². The number of carbonyl (C=O) groups is 1. The summed E-state index contributed by atoms with van der Waals surface area (Å²) in [6.45, 7) is 0. The predicted molar refractivity (Wildman–Crippen MR) is 64.5 cm³/mol. The van der Waals surface area contributed by atoms with Crippen LogP contribution in [0.2, 0.25) is 0 Å². The number of hydrogen-bond acceptors (Lipinski definition) is 2. The second-order valence-corrected chi connectivity index (χ2v) is 6.31. The fourth-order valence-electron chi connectivity index (χ4n) is 4.88. The third-order valence-electron chi connectivity index (χ3n) is 5.50. The molecule has 3 fully saturated rings. The van der Waals surface area contributed by atoms with Gasteiger partial charge in [0.1, 0.15) is 5.78 Å². The minimum absolute atomic E-state index is 0.0365. The molecule has 0 amide bonds. The Morgan fingerprint density at radius 1 is 1.24 bits per heavy atom. The number of hydrogen-bond donors (Lipinski definition) is 0. The largest absolute Gasteiger partial charge is 0.363 e. The van der Waals surface area contributed by atoms with E-state index in [1.807, 2.05) is 0 Å². The van der Waals surface area contributed by atoms with Crippen molar-refractivity contribution in [2.75, 3.05) is 0 Å². The molecular weight excluding hydrogens is 212 g/mol. The third kappa shape index (κ3) is 1.28. The highest BCUT2D eigenvalue weighted by molar-refractivity contribution is 5.83. The Labute approximate surface area is 102 Å². The van der Waals surface area contributed by atoms with Crippen molar-refractivity contribution in [1.82, 2.24) is 0 Å². The van der Waals surface area contributed by atoms with Crippen LogP contribution in [0.4, 0.5) is 0 Å². The fraction of sp³-hybridized carbons (Fsp3) is 0.800. The Kier molecular flexibility index (Phi) is 2.09. The molecule has 0 N–H and O–H groups in total. The third-order valence-corrected chi connectivity index (χ3v) is 5.50. The molecule has 2 bridgehead atoms. The molecule has 0 aromatic heterocycles. The van der Waals surface area contributed by atoms with Gasteiger partial charge < -0.3 is 4.74 Å². The van der Waals surface area contributed by atoms with Crippen LogP contribution in [0.3, 0.4) is 0 Å². The summed E-state index contributed by atoms with van der Waals surface area (Å²) in [6, 6.07) is 0. The molecule has 1 saturated heterocycles. The van der Waals surface area contributed by atoms with E-state index in [9.17, 15) is 4.79 Å². The molecule has 2 aliphatic heterocycles. The molecule has 4 rings (SSSR count). The number of ether oxygens (including phenoxy) is 1. The van der Waals surface area contributed by atoms with Crippen LogP contribution in [0.5, 0.6) is 0 Å². The maximum atomic E-state index is 12.4. The van der Waals surface area contributed by atoms with E-state index in [1.165, 1.54) is 25.7 Å². The molecule has 92 valence electrons. The van der Waals surface area contributed by atoms with E-state index in [-0.39, 0.29) is 17.6 Å². The second-order valence-electron chi connectivity index (χ2n) is 6.31. The lowest BCUT2D eigenvalue weighted by atomic mass is 9.59. The maximum absolute atomic E-state index is 12.4. The molecule has 0 aromatic carbocycles. The van der Waals surface area contributed by atoms with Gasteiger partial charge in [0.15, 0.2) is 0 Å². The zero-order valence-electron chi connectivity index (χ0n) is 10.2. The molecule has 2 heterocycles. The Balaban J connectivity index is 1.78. The minimum atomic E-state index is -0.0365. The Hall–Kier alpha value is -0.630. The van der Waals surface area contributed by atoms with Crippen LogP contribution in [0.15, 0.2) is 12.2 Å². The van der Waals surface area contributed by atoms with E-state index in [0.29, 0.717) is 11.7 Å². The van der Waals surface area contributed by atoms with E-state index >= 15 is 0 Å².